The summed E-state index contributed by atoms with van der Waals surface area (Å²) >= 11 is 5.95. The number of benzene rings is 1. The molecular weight excluding hydrogens is 290 g/mol. The molecule has 0 saturated carbocycles. The summed E-state index contributed by atoms with van der Waals surface area (Å²) in [7, 11) is 0. The molecule has 0 aliphatic carbocycles. The summed E-state index contributed by atoms with van der Waals surface area (Å²) in [5, 5.41) is 14.2. The predicted octanol–water partition coefficient (Wildman–Crippen LogP) is 2.93. The largest absolute Gasteiger partial charge is 0.482 e. The highest BCUT2D eigenvalue weighted by molar-refractivity contribution is 6.30. The van der Waals surface area contributed by atoms with Gasteiger partial charge >= 0.3 is 0 Å². The maximum Gasteiger partial charge on any atom is 0.168 e. The molecule has 0 spiro atoms. The molecular formula is C15H20ClN3O2. The Hall–Kier alpha value is -1.59. The van der Waals surface area contributed by atoms with Crippen LogP contribution >= 0.6 is 11.6 Å². The first-order chi connectivity index (χ1) is 10.0. The quantitative estimate of drug-likeness (QED) is 0.891. The van der Waals surface area contributed by atoms with Crippen molar-refractivity contribution in [3.63, 3.8) is 0 Å². The van der Waals surface area contributed by atoms with Gasteiger partial charge in [0.1, 0.15) is 5.75 Å². The van der Waals surface area contributed by atoms with Gasteiger partial charge in [-0.2, -0.15) is 5.10 Å². The second-order valence-electron chi connectivity index (χ2n) is 4.86. The van der Waals surface area contributed by atoms with E-state index < -0.39 is 0 Å². The van der Waals surface area contributed by atoms with Gasteiger partial charge in [-0.3, -0.25) is 0 Å². The van der Waals surface area contributed by atoms with Crippen LogP contribution in [0.2, 0.25) is 5.02 Å². The van der Waals surface area contributed by atoms with Crippen molar-refractivity contribution in [1.82, 2.24) is 14.8 Å². The lowest BCUT2D eigenvalue weighted by atomic mass is 10.2. The molecule has 6 heteroatoms. The molecule has 21 heavy (non-hydrogen) atoms. The Labute approximate surface area is 129 Å². The van der Waals surface area contributed by atoms with E-state index in [-0.39, 0.29) is 12.7 Å². The van der Waals surface area contributed by atoms with E-state index in [1.54, 1.807) is 10.7 Å². The van der Waals surface area contributed by atoms with Crippen molar-refractivity contribution in [2.24, 2.45) is 0 Å². The van der Waals surface area contributed by atoms with Gasteiger partial charge in [-0.05, 0) is 37.6 Å². The van der Waals surface area contributed by atoms with E-state index in [1.807, 2.05) is 32.9 Å². The van der Waals surface area contributed by atoms with Crippen LogP contribution in [0.3, 0.4) is 0 Å². The number of rotatable bonds is 6. The van der Waals surface area contributed by atoms with Crippen molar-refractivity contribution in [3.05, 3.63) is 40.4 Å². The van der Waals surface area contributed by atoms with Gasteiger partial charge in [0.25, 0.3) is 0 Å². The van der Waals surface area contributed by atoms with Crippen LogP contribution < -0.4 is 4.74 Å². The topological polar surface area (TPSA) is 60.2 Å². The van der Waals surface area contributed by atoms with Crippen LogP contribution in [0.4, 0.5) is 0 Å². The number of hydrogen-bond donors (Lipinski definition) is 1. The van der Waals surface area contributed by atoms with Crippen LogP contribution in [0.1, 0.15) is 37.2 Å². The molecule has 2 aromatic rings. The van der Waals surface area contributed by atoms with Crippen LogP contribution in [0.5, 0.6) is 5.75 Å². The summed E-state index contributed by atoms with van der Waals surface area (Å²) in [4.78, 5) is 4.48. The summed E-state index contributed by atoms with van der Waals surface area (Å²) in [6, 6.07) is 5.51. The minimum absolute atomic E-state index is 0.0200. The van der Waals surface area contributed by atoms with Gasteiger partial charge in [-0.25, -0.2) is 9.67 Å². The molecule has 5 nitrogen and oxygen atoms in total. The highest BCUT2D eigenvalue weighted by Gasteiger charge is 2.18. The SMILES string of the molecule is CCc1nc([C@H](C)Oc2ccc(Cl)cc2C)n(CCO)n1. The Morgan fingerprint density at radius 3 is 2.81 bits per heavy atom. The lowest BCUT2D eigenvalue weighted by Crippen LogP contribution is -2.15. The lowest BCUT2D eigenvalue weighted by molar-refractivity contribution is 0.200. The van der Waals surface area contributed by atoms with E-state index in [0.717, 1.165) is 29.4 Å². The molecule has 1 aromatic heterocycles. The Morgan fingerprint density at radius 2 is 2.19 bits per heavy atom. The van der Waals surface area contributed by atoms with E-state index in [0.29, 0.717) is 11.6 Å². The van der Waals surface area contributed by atoms with Crippen molar-refractivity contribution < 1.29 is 9.84 Å². The molecule has 1 heterocycles. The zero-order valence-electron chi connectivity index (χ0n) is 12.5. The number of hydrogen-bond acceptors (Lipinski definition) is 4. The molecule has 0 radical (unpaired) electrons. The molecule has 0 saturated heterocycles. The number of ether oxygens (including phenoxy) is 1. The standard InChI is InChI=1S/C15H20ClN3O2/c1-4-14-17-15(19(18-14)7-8-20)11(3)21-13-6-5-12(16)9-10(13)2/h5-6,9,11,20H,4,7-8H2,1-3H3/t11-/m0/s1. The molecule has 0 fully saturated rings. The van der Waals surface area contributed by atoms with E-state index in [2.05, 4.69) is 10.1 Å². The number of aliphatic hydroxyl groups excluding tert-OH is 1. The third-order valence-corrected chi connectivity index (χ3v) is 3.41. The zero-order chi connectivity index (χ0) is 15.4. The van der Waals surface area contributed by atoms with Crippen LogP contribution in [-0.2, 0) is 13.0 Å². The fourth-order valence-corrected chi connectivity index (χ4v) is 2.33. The highest BCUT2D eigenvalue weighted by atomic mass is 35.5. The van der Waals surface area contributed by atoms with E-state index >= 15 is 0 Å². The zero-order valence-corrected chi connectivity index (χ0v) is 13.3. The predicted molar refractivity (Wildman–Crippen MR) is 81.7 cm³/mol. The summed E-state index contributed by atoms with van der Waals surface area (Å²) < 4.78 is 7.67. The highest BCUT2D eigenvalue weighted by Crippen LogP contribution is 2.26. The van der Waals surface area contributed by atoms with Crippen LogP contribution in [0, 0.1) is 6.92 Å². The van der Waals surface area contributed by atoms with Crippen LogP contribution in [-0.4, -0.2) is 26.5 Å². The maximum atomic E-state index is 9.13. The Bertz CT molecular complexity index is 613. The van der Waals surface area contributed by atoms with Crippen molar-refractivity contribution in [2.75, 3.05) is 6.61 Å². The van der Waals surface area contributed by atoms with Gasteiger partial charge in [-0.1, -0.05) is 18.5 Å². The normalized spacial score (nSPS) is 12.4. The first-order valence-corrected chi connectivity index (χ1v) is 7.40. The fourth-order valence-electron chi connectivity index (χ4n) is 2.10. The molecule has 0 unspecified atom stereocenters. The number of aryl methyl sites for hydroxylation is 2. The molecule has 0 amide bonds. The number of halogens is 1. The van der Waals surface area contributed by atoms with Crippen molar-refractivity contribution >= 4 is 11.6 Å². The molecule has 1 N–H and O–H groups in total. The summed E-state index contributed by atoms with van der Waals surface area (Å²) in [5.74, 6) is 2.24. The fraction of sp³-hybridized carbons (Fsp3) is 0.467. The van der Waals surface area contributed by atoms with Gasteiger partial charge in [0.05, 0.1) is 13.2 Å². The van der Waals surface area contributed by atoms with Gasteiger partial charge in [0.15, 0.2) is 17.8 Å². The minimum atomic E-state index is -0.260. The Kier molecular flexibility index (Phi) is 5.20. The average molecular weight is 310 g/mol. The van der Waals surface area contributed by atoms with Crippen LogP contribution in [0.25, 0.3) is 0 Å². The third-order valence-electron chi connectivity index (χ3n) is 3.18. The molecule has 0 aliphatic heterocycles. The first kappa shape index (κ1) is 15.8. The van der Waals surface area contributed by atoms with Gasteiger partial charge in [0, 0.05) is 11.4 Å². The third kappa shape index (κ3) is 3.74. The minimum Gasteiger partial charge on any atom is -0.482 e. The number of aromatic nitrogens is 3. The Balaban J connectivity index is 2.22. The maximum absolute atomic E-state index is 9.13. The van der Waals surface area contributed by atoms with Gasteiger partial charge in [0.2, 0.25) is 0 Å². The lowest BCUT2D eigenvalue weighted by Gasteiger charge is -2.16. The number of aliphatic hydroxyl groups is 1. The van der Waals surface area contributed by atoms with Gasteiger partial charge < -0.3 is 9.84 Å². The summed E-state index contributed by atoms with van der Waals surface area (Å²) in [6.07, 6.45) is 0.488. The smallest absolute Gasteiger partial charge is 0.168 e. The molecule has 2 rings (SSSR count). The van der Waals surface area contributed by atoms with E-state index in [9.17, 15) is 0 Å². The Morgan fingerprint density at radius 1 is 1.43 bits per heavy atom. The molecule has 0 bridgehead atoms. The summed E-state index contributed by atoms with van der Waals surface area (Å²) in [6.45, 7) is 6.30. The average Bonchev–Trinajstić information content (AvgIpc) is 2.85. The molecule has 1 aromatic carbocycles. The molecule has 114 valence electrons. The monoisotopic (exact) mass is 309 g/mol. The molecule has 0 aliphatic rings. The summed E-state index contributed by atoms with van der Waals surface area (Å²) in [5.41, 5.74) is 0.971. The van der Waals surface area contributed by atoms with Crippen LogP contribution in [0.15, 0.2) is 18.2 Å². The number of nitrogens with zero attached hydrogens (tertiary/aromatic N) is 3. The van der Waals surface area contributed by atoms with E-state index in [4.69, 9.17) is 21.4 Å². The van der Waals surface area contributed by atoms with E-state index in [1.165, 1.54) is 0 Å². The first-order valence-electron chi connectivity index (χ1n) is 7.02. The van der Waals surface area contributed by atoms with Gasteiger partial charge in [-0.15, -0.1) is 0 Å². The second kappa shape index (κ2) is 6.91. The van der Waals surface area contributed by atoms with Crippen molar-refractivity contribution in [1.29, 1.82) is 0 Å². The molecule has 1 atom stereocenters. The van der Waals surface area contributed by atoms with Crippen molar-refractivity contribution in [3.8, 4) is 5.75 Å². The second-order valence-corrected chi connectivity index (χ2v) is 5.29. The van der Waals surface area contributed by atoms with Crippen molar-refractivity contribution in [2.45, 2.75) is 39.8 Å².